The Hall–Kier alpha value is -2.37. The average molecular weight is 312 g/mol. The van der Waals surface area contributed by atoms with Gasteiger partial charge in [-0.1, -0.05) is 0 Å². The topological polar surface area (TPSA) is 62.5 Å². The van der Waals surface area contributed by atoms with E-state index in [1.807, 2.05) is 37.8 Å². The summed E-state index contributed by atoms with van der Waals surface area (Å²) in [6.07, 6.45) is 2.67. The van der Waals surface area contributed by atoms with Gasteiger partial charge in [0.25, 0.3) is 5.91 Å². The minimum Gasteiger partial charge on any atom is -0.466 e. The molecule has 2 aromatic heterocycles. The number of amides is 1. The number of anilines is 1. The van der Waals surface area contributed by atoms with Crippen molar-refractivity contribution in [2.24, 2.45) is 0 Å². The molecule has 0 N–H and O–H groups in total. The number of aryl methyl sites for hydroxylation is 3. The number of aromatic nitrogens is 2. The number of fused-ring (bicyclic) bond motifs is 2. The second-order valence-corrected chi connectivity index (χ2v) is 6.51. The zero-order chi connectivity index (χ0) is 16.1. The highest BCUT2D eigenvalue weighted by molar-refractivity contribution is 5.96. The number of hydrogen-bond acceptors (Lipinski definition) is 5. The van der Waals surface area contributed by atoms with Gasteiger partial charge in [-0.3, -0.25) is 4.79 Å². The molecule has 0 radical (unpaired) electrons. The summed E-state index contributed by atoms with van der Waals surface area (Å²) in [6, 6.07) is 4.36. The Kier molecular flexibility index (Phi) is 3.14. The zero-order valence-electron chi connectivity index (χ0n) is 13.6. The fraction of sp³-hybridized carbons (Fsp3) is 0.471. The Labute approximate surface area is 135 Å². The molecule has 0 spiro atoms. The van der Waals surface area contributed by atoms with Gasteiger partial charge >= 0.3 is 0 Å². The SMILES string of the molecule is Cc1cc(N2CC3CC(C2)N3C(=O)c2cc(C)oc2C)ncn1. The number of hydrogen-bond donors (Lipinski definition) is 0. The van der Waals surface area contributed by atoms with E-state index in [0.717, 1.165) is 36.8 Å². The molecule has 6 heteroatoms. The number of rotatable bonds is 2. The zero-order valence-corrected chi connectivity index (χ0v) is 13.6. The molecule has 2 bridgehead atoms. The maximum Gasteiger partial charge on any atom is 0.258 e. The van der Waals surface area contributed by atoms with Gasteiger partial charge in [0.15, 0.2) is 0 Å². The van der Waals surface area contributed by atoms with E-state index in [4.69, 9.17) is 4.42 Å². The van der Waals surface area contributed by atoms with Crippen LogP contribution in [0, 0.1) is 20.8 Å². The van der Waals surface area contributed by atoms with Crippen LogP contribution >= 0.6 is 0 Å². The molecule has 3 saturated heterocycles. The number of carbonyl (C=O) groups is 1. The third-order valence-corrected chi connectivity index (χ3v) is 4.81. The molecule has 1 amide bonds. The third-order valence-electron chi connectivity index (χ3n) is 4.81. The summed E-state index contributed by atoms with van der Waals surface area (Å²) in [5.41, 5.74) is 1.66. The van der Waals surface area contributed by atoms with Crippen LogP contribution in [0.2, 0.25) is 0 Å². The predicted molar refractivity (Wildman–Crippen MR) is 85.5 cm³/mol. The Morgan fingerprint density at radius 2 is 1.91 bits per heavy atom. The monoisotopic (exact) mass is 312 g/mol. The molecule has 0 aromatic carbocycles. The maximum absolute atomic E-state index is 12.8. The summed E-state index contributed by atoms with van der Waals surface area (Å²) < 4.78 is 5.51. The van der Waals surface area contributed by atoms with Crippen molar-refractivity contribution >= 4 is 11.7 Å². The van der Waals surface area contributed by atoms with Crippen molar-refractivity contribution in [2.75, 3.05) is 18.0 Å². The van der Waals surface area contributed by atoms with Gasteiger partial charge in [0, 0.05) is 24.8 Å². The van der Waals surface area contributed by atoms with E-state index in [1.54, 1.807) is 6.33 Å². The van der Waals surface area contributed by atoms with Crippen molar-refractivity contribution in [2.45, 2.75) is 39.3 Å². The lowest BCUT2D eigenvalue weighted by molar-refractivity contribution is 0.00561. The molecule has 0 aliphatic carbocycles. The first-order valence-electron chi connectivity index (χ1n) is 7.96. The maximum atomic E-state index is 12.8. The Balaban J connectivity index is 1.51. The van der Waals surface area contributed by atoms with Crippen LogP contribution in [0.3, 0.4) is 0 Å². The highest BCUT2D eigenvalue weighted by Gasteiger charge is 2.48. The standard InChI is InChI=1S/C17H20N4O2/c1-10-4-16(19-9-18-10)20-7-13-6-14(8-20)21(13)17(22)15-5-11(2)23-12(15)3/h4-5,9,13-14H,6-8H2,1-3H3. The second kappa shape index (κ2) is 5.08. The molecule has 2 unspecified atom stereocenters. The lowest BCUT2D eigenvalue weighted by Gasteiger charge is -2.56. The van der Waals surface area contributed by atoms with Crippen LogP contribution in [0.15, 0.2) is 22.9 Å². The van der Waals surface area contributed by atoms with Crippen molar-refractivity contribution in [1.82, 2.24) is 14.9 Å². The van der Waals surface area contributed by atoms with E-state index in [0.29, 0.717) is 11.3 Å². The fourth-order valence-electron chi connectivity index (χ4n) is 3.72. The molecule has 3 aliphatic heterocycles. The van der Waals surface area contributed by atoms with Crippen LogP contribution in [-0.2, 0) is 0 Å². The Morgan fingerprint density at radius 3 is 2.52 bits per heavy atom. The molecule has 3 aliphatic rings. The lowest BCUT2D eigenvalue weighted by atomic mass is 9.86. The van der Waals surface area contributed by atoms with E-state index in [1.165, 1.54) is 0 Å². The number of piperazine rings is 1. The second-order valence-electron chi connectivity index (χ2n) is 6.51. The molecule has 2 aromatic rings. The summed E-state index contributed by atoms with van der Waals surface area (Å²) in [6.45, 7) is 7.35. The highest BCUT2D eigenvalue weighted by Crippen LogP contribution is 2.36. The molecule has 5 heterocycles. The Morgan fingerprint density at radius 1 is 1.17 bits per heavy atom. The van der Waals surface area contributed by atoms with Crippen molar-refractivity contribution in [1.29, 1.82) is 0 Å². The van der Waals surface area contributed by atoms with E-state index in [9.17, 15) is 4.79 Å². The van der Waals surface area contributed by atoms with Crippen LogP contribution in [0.4, 0.5) is 5.82 Å². The smallest absolute Gasteiger partial charge is 0.258 e. The van der Waals surface area contributed by atoms with Gasteiger partial charge in [0.2, 0.25) is 0 Å². The van der Waals surface area contributed by atoms with Crippen molar-refractivity contribution in [3.8, 4) is 0 Å². The molecule has 120 valence electrons. The minimum atomic E-state index is 0.0964. The number of nitrogens with zero attached hydrogens (tertiary/aromatic N) is 4. The van der Waals surface area contributed by atoms with E-state index in [2.05, 4.69) is 14.9 Å². The quantitative estimate of drug-likeness (QED) is 0.850. The van der Waals surface area contributed by atoms with Gasteiger partial charge in [0.1, 0.15) is 23.7 Å². The molecule has 3 fully saturated rings. The normalized spacial score (nSPS) is 22.9. The summed E-state index contributed by atoms with van der Waals surface area (Å²) in [7, 11) is 0. The van der Waals surface area contributed by atoms with E-state index >= 15 is 0 Å². The number of carbonyl (C=O) groups excluding carboxylic acids is 1. The number of piperidine rings is 1. The lowest BCUT2D eigenvalue weighted by Crippen LogP contribution is -2.70. The van der Waals surface area contributed by atoms with E-state index in [-0.39, 0.29) is 18.0 Å². The third kappa shape index (κ3) is 2.29. The van der Waals surface area contributed by atoms with Gasteiger partial charge in [0.05, 0.1) is 17.6 Å². The van der Waals surface area contributed by atoms with Gasteiger partial charge in [-0.25, -0.2) is 9.97 Å². The molecule has 5 rings (SSSR count). The van der Waals surface area contributed by atoms with Crippen LogP contribution in [-0.4, -0.2) is 45.9 Å². The van der Waals surface area contributed by atoms with Crippen LogP contribution in [0.25, 0.3) is 0 Å². The van der Waals surface area contributed by atoms with Crippen molar-refractivity contribution in [3.05, 3.63) is 41.2 Å². The highest BCUT2D eigenvalue weighted by atomic mass is 16.3. The van der Waals surface area contributed by atoms with Crippen molar-refractivity contribution < 1.29 is 9.21 Å². The molecular formula is C17H20N4O2. The summed E-state index contributed by atoms with van der Waals surface area (Å²) >= 11 is 0. The molecule has 2 atom stereocenters. The first kappa shape index (κ1) is 14.2. The van der Waals surface area contributed by atoms with Crippen LogP contribution in [0.1, 0.15) is 34.0 Å². The molecule has 6 nitrogen and oxygen atoms in total. The minimum absolute atomic E-state index is 0.0964. The average Bonchev–Trinajstić information content (AvgIpc) is 2.86. The Bertz CT molecular complexity index is 758. The summed E-state index contributed by atoms with van der Waals surface area (Å²) in [4.78, 5) is 25.6. The summed E-state index contributed by atoms with van der Waals surface area (Å²) in [5, 5.41) is 0. The van der Waals surface area contributed by atoms with Gasteiger partial charge in [-0.05, 0) is 33.3 Å². The predicted octanol–water partition coefficient (Wildman–Crippen LogP) is 2.10. The van der Waals surface area contributed by atoms with Crippen LogP contribution < -0.4 is 4.90 Å². The largest absolute Gasteiger partial charge is 0.466 e. The van der Waals surface area contributed by atoms with Gasteiger partial charge in [-0.15, -0.1) is 0 Å². The van der Waals surface area contributed by atoms with Crippen molar-refractivity contribution in [3.63, 3.8) is 0 Å². The molecule has 0 saturated carbocycles. The first-order chi connectivity index (χ1) is 11.0. The summed E-state index contributed by atoms with van der Waals surface area (Å²) in [5.74, 6) is 2.55. The molecule has 23 heavy (non-hydrogen) atoms. The van der Waals surface area contributed by atoms with Crippen LogP contribution in [0.5, 0.6) is 0 Å². The fourth-order valence-corrected chi connectivity index (χ4v) is 3.72. The number of furan rings is 1. The first-order valence-corrected chi connectivity index (χ1v) is 7.96. The molecular weight excluding hydrogens is 292 g/mol. The van der Waals surface area contributed by atoms with Gasteiger partial charge < -0.3 is 14.2 Å². The van der Waals surface area contributed by atoms with Gasteiger partial charge in [-0.2, -0.15) is 0 Å². The van der Waals surface area contributed by atoms with E-state index < -0.39 is 0 Å².